The molecule has 2 N–H and O–H groups in total. The summed E-state index contributed by atoms with van der Waals surface area (Å²) < 4.78 is 1.03. The van der Waals surface area contributed by atoms with E-state index < -0.39 is 5.97 Å². The van der Waals surface area contributed by atoms with Crippen LogP contribution in [0.4, 0.5) is 11.5 Å². The van der Waals surface area contributed by atoms with E-state index in [1.165, 1.54) is 6.07 Å². The van der Waals surface area contributed by atoms with Crippen molar-refractivity contribution < 1.29 is 9.90 Å². The summed E-state index contributed by atoms with van der Waals surface area (Å²) in [4.78, 5) is 15.0. The molecule has 0 amide bonds. The molecular weight excluding hydrogens is 332 g/mol. The molecule has 21 heavy (non-hydrogen) atoms. The highest BCUT2D eigenvalue weighted by Crippen LogP contribution is 2.24. The number of fused-ring (bicyclic) bond motifs is 1. The maximum Gasteiger partial charge on any atom is 0.354 e. The van der Waals surface area contributed by atoms with Crippen LogP contribution in [0, 0.1) is 0 Å². The molecule has 104 valence electrons. The zero-order valence-electron chi connectivity index (χ0n) is 10.9. The fraction of sp³-hybridized carbons (Fsp3) is 0. The van der Waals surface area contributed by atoms with Crippen molar-refractivity contribution >= 4 is 44.2 Å². The molecule has 0 bridgehead atoms. The average Bonchev–Trinajstić information content (AvgIpc) is 2.48. The molecule has 1 heterocycles. The van der Waals surface area contributed by atoms with Crippen molar-refractivity contribution in [2.24, 2.45) is 0 Å². The fourth-order valence-corrected chi connectivity index (χ4v) is 2.44. The van der Waals surface area contributed by atoms with Gasteiger partial charge in [0, 0.05) is 10.2 Å². The van der Waals surface area contributed by atoms with Crippen LogP contribution in [0.5, 0.6) is 0 Å². The molecule has 3 aromatic rings. The van der Waals surface area contributed by atoms with Gasteiger partial charge in [-0.2, -0.15) is 0 Å². The molecule has 0 aliphatic rings. The lowest BCUT2D eigenvalue weighted by molar-refractivity contribution is 0.0690. The number of anilines is 2. The van der Waals surface area contributed by atoms with Gasteiger partial charge in [0.25, 0.3) is 0 Å². The van der Waals surface area contributed by atoms with Crippen LogP contribution in [-0.2, 0) is 0 Å². The van der Waals surface area contributed by atoms with E-state index in [9.17, 15) is 4.79 Å². The summed E-state index contributed by atoms with van der Waals surface area (Å²) in [7, 11) is 0. The lowest BCUT2D eigenvalue weighted by Crippen LogP contribution is -2.02. The standard InChI is InChI=1S/C16H11BrN2O2/c17-12-6-4-11-9-13(7-5-10(11)8-12)18-15-3-1-2-14(19-15)16(20)21/h1-9H,(H,18,19)(H,20,21). The molecule has 0 atom stereocenters. The quantitative estimate of drug-likeness (QED) is 0.738. The van der Waals surface area contributed by atoms with Crippen LogP contribution in [0.25, 0.3) is 10.8 Å². The minimum atomic E-state index is -1.04. The zero-order chi connectivity index (χ0) is 14.8. The van der Waals surface area contributed by atoms with Crippen LogP contribution in [-0.4, -0.2) is 16.1 Å². The third-order valence-electron chi connectivity index (χ3n) is 3.04. The average molecular weight is 343 g/mol. The van der Waals surface area contributed by atoms with Crippen molar-refractivity contribution in [3.05, 3.63) is 64.8 Å². The number of halogens is 1. The van der Waals surface area contributed by atoms with Crippen molar-refractivity contribution in [1.29, 1.82) is 0 Å². The molecule has 4 nitrogen and oxygen atoms in total. The van der Waals surface area contributed by atoms with E-state index in [1.54, 1.807) is 12.1 Å². The molecule has 0 spiro atoms. The van der Waals surface area contributed by atoms with E-state index in [-0.39, 0.29) is 5.69 Å². The Labute approximate surface area is 129 Å². The highest BCUT2D eigenvalue weighted by atomic mass is 79.9. The molecule has 0 aliphatic heterocycles. The molecule has 2 aromatic carbocycles. The van der Waals surface area contributed by atoms with Crippen LogP contribution in [0.3, 0.4) is 0 Å². The fourth-order valence-electron chi connectivity index (χ4n) is 2.07. The second-order valence-corrected chi connectivity index (χ2v) is 5.46. The summed E-state index contributed by atoms with van der Waals surface area (Å²) in [6.07, 6.45) is 0. The number of pyridine rings is 1. The number of carboxylic acid groups (broad SMARTS) is 1. The summed E-state index contributed by atoms with van der Waals surface area (Å²) in [5, 5.41) is 14.3. The van der Waals surface area contributed by atoms with E-state index >= 15 is 0 Å². The second kappa shape index (κ2) is 5.54. The predicted molar refractivity (Wildman–Crippen MR) is 86.1 cm³/mol. The van der Waals surface area contributed by atoms with E-state index in [1.807, 2.05) is 36.4 Å². The number of nitrogens with one attached hydrogen (secondary N) is 1. The van der Waals surface area contributed by atoms with Gasteiger partial charge in [0.1, 0.15) is 5.82 Å². The van der Waals surface area contributed by atoms with Gasteiger partial charge in [0.2, 0.25) is 0 Å². The Bertz CT molecular complexity index is 833. The summed E-state index contributed by atoms with van der Waals surface area (Å²) in [5.41, 5.74) is 0.879. The molecule has 0 unspecified atom stereocenters. The van der Waals surface area contributed by atoms with E-state index in [0.29, 0.717) is 5.82 Å². The van der Waals surface area contributed by atoms with Crippen LogP contribution in [0.1, 0.15) is 10.5 Å². The van der Waals surface area contributed by atoms with Crippen molar-refractivity contribution in [2.75, 3.05) is 5.32 Å². The number of carbonyl (C=O) groups is 1. The Morgan fingerprint density at radius 2 is 1.81 bits per heavy atom. The van der Waals surface area contributed by atoms with E-state index in [4.69, 9.17) is 5.11 Å². The monoisotopic (exact) mass is 342 g/mol. The third-order valence-corrected chi connectivity index (χ3v) is 3.54. The van der Waals surface area contributed by atoms with Crippen molar-refractivity contribution in [1.82, 2.24) is 4.98 Å². The van der Waals surface area contributed by atoms with Gasteiger partial charge in [-0.1, -0.05) is 34.1 Å². The Morgan fingerprint density at radius 1 is 1.05 bits per heavy atom. The molecule has 0 saturated carbocycles. The number of nitrogens with zero attached hydrogens (tertiary/aromatic N) is 1. The topological polar surface area (TPSA) is 62.2 Å². The number of hydrogen-bond donors (Lipinski definition) is 2. The van der Waals surface area contributed by atoms with Crippen molar-refractivity contribution in [3.8, 4) is 0 Å². The summed E-state index contributed by atoms with van der Waals surface area (Å²) in [5.74, 6) is -0.534. The van der Waals surface area contributed by atoms with Gasteiger partial charge in [0.15, 0.2) is 5.69 Å². The SMILES string of the molecule is O=C(O)c1cccc(Nc2ccc3cc(Br)ccc3c2)n1. The molecule has 0 saturated heterocycles. The first-order valence-corrected chi connectivity index (χ1v) is 7.08. The molecule has 0 fully saturated rings. The summed E-state index contributed by atoms with van der Waals surface area (Å²) in [6, 6.07) is 16.8. The summed E-state index contributed by atoms with van der Waals surface area (Å²) >= 11 is 3.44. The Morgan fingerprint density at radius 3 is 2.62 bits per heavy atom. The summed E-state index contributed by atoms with van der Waals surface area (Å²) in [6.45, 7) is 0. The Hall–Kier alpha value is -2.40. The number of aromatic carboxylic acids is 1. The number of rotatable bonds is 3. The van der Waals surface area contributed by atoms with E-state index in [0.717, 1.165) is 20.9 Å². The van der Waals surface area contributed by atoms with Gasteiger partial charge in [-0.25, -0.2) is 9.78 Å². The van der Waals surface area contributed by atoms with Gasteiger partial charge in [-0.15, -0.1) is 0 Å². The maximum atomic E-state index is 10.9. The highest BCUT2D eigenvalue weighted by molar-refractivity contribution is 9.10. The van der Waals surface area contributed by atoms with Gasteiger partial charge in [-0.05, 0) is 47.2 Å². The van der Waals surface area contributed by atoms with E-state index in [2.05, 4.69) is 26.2 Å². The van der Waals surface area contributed by atoms with Crippen LogP contribution in [0.15, 0.2) is 59.1 Å². The first-order valence-electron chi connectivity index (χ1n) is 6.28. The van der Waals surface area contributed by atoms with Crippen LogP contribution < -0.4 is 5.32 Å². The first-order chi connectivity index (χ1) is 10.1. The molecular formula is C16H11BrN2O2. The minimum Gasteiger partial charge on any atom is -0.477 e. The number of carboxylic acids is 1. The lowest BCUT2D eigenvalue weighted by Gasteiger charge is -2.08. The highest BCUT2D eigenvalue weighted by Gasteiger charge is 2.05. The first kappa shape index (κ1) is 13.6. The number of benzene rings is 2. The minimum absolute atomic E-state index is 0.0183. The normalized spacial score (nSPS) is 10.5. The Kier molecular flexibility index (Phi) is 3.58. The van der Waals surface area contributed by atoms with Gasteiger partial charge < -0.3 is 10.4 Å². The lowest BCUT2D eigenvalue weighted by atomic mass is 10.1. The Balaban J connectivity index is 1.92. The van der Waals surface area contributed by atoms with Gasteiger partial charge in [0.05, 0.1) is 0 Å². The second-order valence-electron chi connectivity index (χ2n) is 4.54. The number of hydrogen-bond acceptors (Lipinski definition) is 3. The van der Waals surface area contributed by atoms with Crippen molar-refractivity contribution in [2.45, 2.75) is 0 Å². The molecule has 5 heteroatoms. The molecule has 3 rings (SSSR count). The smallest absolute Gasteiger partial charge is 0.354 e. The van der Waals surface area contributed by atoms with Crippen LogP contribution >= 0.6 is 15.9 Å². The van der Waals surface area contributed by atoms with Gasteiger partial charge >= 0.3 is 5.97 Å². The van der Waals surface area contributed by atoms with Gasteiger partial charge in [-0.3, -0.25) is 0 Å². The molecule has 0 radical (unpaired) electrons. The zero-order valence-corrected chi connectivity index (χ0v) is 12.5. The third kappa shape index (κ3) is 3.03. The van der Waals surface area contributed by atoms with Crippen molar-refractivity contribution in [3.63, 3.8) is 0 Å². The molecule has 1 aromatic heterocycles. The predicted octanol–water partition coefficient (Wildman–Crippen LogP) is 4.44. The van der Waals surface area contributed by atoms with Crippen LogP contribution in [0.2, 0.25) is 0 Å². The maximum absolute atomic E-state index is 10.9. The molecule has 0 aliphatic carbocycles. The number of aromatic nitrogens is 1. The largest absolute Gasteiger partial charge is 0.477 e.